The summed E-state index contributed by atoms with van der Waals surface area (Å²) in [7, 11) is 1.39. The van der Waals surface area contributed by atoms with Crippen LogP contribution >= 0.6 is 0 Å². The maximum atomic E-state index is 11.0. The van der Waals surface area contributed by atoms with Crippen molar-refractivity contribution in [1.82, 2.24) is 5.32 Å². The standard InChI is InChI=1S/C12H25NO3/c1-5-12(6-2,9-14)8-13-10(3)7-11(15)16-4/h10,13-14H,5-9H2,1-4H3. The van der Waals surface area contributed by atoms with Crippen LogP contribution in [0, 0.1) is 5.41 Å². The van der Waals surface area contributed by atoms with E-state index in [1.54, 1.807) is 0 Å². The first-order valence-electron chi connectivity index (χ1n) is 5.94. The molecule has 0 rings (SSSR count). The van der Waals surface area contributed by atoms with Crippen LogP contribution in [0.4, 0.5) is 0 Å². The van der Waals surface area contributed by atoms with Crippen molar-refractivity contribution in [3.63, 3.8) is 0 Å². The van der Waals surface area contributed by atoms with E-state index >= 15 is 0 Å². The highest BCUT2D eigenvalue weighted by Crippen LogP contribution is 2.24. The van der Waals surface area contributed by atoms with Gasteiger partial charge in [-0.3, -0.25) is 4.79 Å². The van der Waals surface area contributed by atoms with Crippen LogP contribution < -0.4 is 5.32 Å². The summed E-state index contributed by atoms with van der Waals surface area (Å²) in [5.41, 5.74) is -0.0651. The van der Waals surface area contributed by atoms with Gasteiger partial charge in [0.05, 0.1) is 13.5 Å². The average molecular weight is 231 g/mol. The number of esters is 1. The molecule has 4 heteroatoms. The largest absolute Gasteiger partial charge is 0.469 e. The molecule has 0 saturated carbocycles. The fraction of sp³-hybridized carbons (Fsp3) is 0.917. The normalized spacial score (nSPS) is 13.6. The van der Waals surface area contributed by atoms with Crippen LogP contribution in [0.5, 0.6) is 0 Å². The predicted octanol–water partition coefficient (Wildman–Crippen LogP) is 1.33. The lowest BCUT2D eigenvalue weighted by Crippen LogP contribution is -2.41. The van der Waals surface area contributed by atoms with Crippen LogP contribution in [0.25, 0.3) is 0 Å². The minimum Gasteiger partial charge on any atom is -0.469 e. The Balaban J connectivity index is 4.05. The number of methoxy groups -OCH3 is 1. The molecule has 1 unspecified atom stereocenters. The maximum Gasteiger partial charge on any atom is 0.307 e. The van der Waals surface area contributed by atoms with Gasteiger partial charge < -0.3 is 15.2 Å². The highest BCUT2D eigenvalue weighted by molar-refractivity contribution is 5.69. The fourth-order valence-corrected chi connectivity index (χ4v) is 1.58. The van der Waals surface area contributed by atoms with E-state index in [0.29, 0.717) is 6.42 Å². The number of hydrogen-bond donors (Lipinski definition) is 2. The number of carbonyl (C=O) groups excluding carboxylic acids is 1. The zero-order valence-corrected chi connectivity index (χ0v) is 10.9. The van der Waals surface area contributed by atoms with E-state index in [9.17, 15) is 9.90 Å². The predicted molar refractivity (Wildman–Crippen MR) is 64.2 cm³/mol. The van der Waals surface area contributed by atoms with Crippen molar-refractivity contribution >= 4 is 5.97 Å². The first-order chi connectivity index (χ1) is 7.53. The Morgan fingerprint density at radius 3 is 2.38 bits per heavy atom. The molecular formula is C12H25NO3. The maximum absolute atomic E-state index is 11.0. The Hall–Kier alpha value is -0.610. The van der Waals surface area contributed by atoms with E-state index in [1.165, 1.54) is 7.11 Å². The zero-order valence-electron chi connectivity index (χ0n) is 10.9. The Labute approximate surface area is 98.4 Å². The molecule has 0 spiro atoms. The monoisotopic (exact) mass is 231 g/mol. The minimum absolute atomic E-state index is 0.0651. The Morgan fingerprint density at radius 1 is 1.44 bits per heavy atom. The van der Waals surface area contributed by atoms with E-state index in [-0.39, 0.29) is 24.0 Å². The number of rotatable bonds is 8. The molecule has 0 fully saturated rings. The van der Waals surface area contributed by atoms with E-state index in [2.05, 4.69) is 23.9 Å². The highest BCUT2D eigenvalue weighted by atomic mass is 16.5. The van der Waals surface area contributed by atoms with Crippen molar-refractivity contribution in [1.29, 1.82) is 0 Å². The van der Waals surface area contributed by atoms with E-state index in [1.807, 2.05) is 6.92 Å². The number of aliphatic hydroxyl groups excluding tert-OH is 1. The second-order valence-electron chi connectivity index (χ2n) is 4.43. The first-order valence-corrected chi connectivity index (χ1v) is 5.94. The molecule has 0 aliphatic rings. The van der Waals surface area contributed by atoms with Crippen LogP contribution in [-0.4, -0.2) is 37.4 Å². The summed E-state index contributed by atoms with van der Waals surface area (Å²) in [6.07, 6.45) is 2.22. The molecule has 0 aromatic carbocycles. The fourth-order valence-electron chi connectivity index (χ4n) is 1.58. The van der Waals surface area contributed by atoms with Crippen LogP contribution in [0.1, 0.15) is 40.0 Å². The lowest BCUT2D eigenvalue weighted by Gasteiger charge is -2.31. The molecule has 0 aromatic heterocycles. The minimum atomic E-state index is -0.206. The van der Waals surface area contributed by atoms with Gasteiger partial charge >= 0.3 is 5.97 Å². The number of nitrogens with one attached hydrogen (secondary N) is 1. The SMILES string of the molecule is CCC(CC)(CO)CNC(C)CC(=O)OC. The van der Waals surface area contributed by atoms with Crippen molar-refractivity contribution in [2.24, 2.45) is 5.41 Å². The summed E-state index contributed by atoms with van der Waals surface area (Å²) in [5.74, 6) is -0.206. The average Bonchev–Trinajstić information content (AvgIpc) is 2.31. The summed E-state index contributed by atoms with van der Waals surface area (Å²) in [6, 6.07) is 0.0801. The third-order valence-corrected chi connectivity index (χ3v) is 3.36. The third kappa shape index (κ3) is 4.94. The van der Waals surface area contributed by atoms with Gasteiger partial charge in [0.15, 0.2) is 0 Å². The van der Waals surface area contributed by atoms with Crippen molar-refractivity contribution in [2.45, 2.75) is 46.1 Å². The summed E-state index contributed by atoms with van der Waals surface area (Å²) >= 11 is 0. The third-order valence-electron chi connectivity index (χ3n) is 3.36. The topological polar surface area (TPSA) is 58.6 Å². The van der Waals surface area contributed by atoms with Crippen molar-refractivity contribution in [3.05, 3.63) is 0 Å². The molecule has 0 saturated heterocycles. The molecule has 0 bridgehead atoms. The van der Waals surface area contributed by atoms with Gasteiger partial charge in [0.25, 0.3) is 0 Å². The molecular weight excluding hydrogens is 206 g/mol. The smallest absolute Gasteiger partial charge is 0.307 e. The van der Waals surface area contributed by atoms with Gasteiger partial charge in [-0.1, -0.05) is 13.8 Å². The second kappa shape index (κ2) is 7.63. The Bertz CT molecular complexity index is 194. The molecule has 0 aliphatic heterocycles. The molecule has 0 amide bonds. The van der Waals surface area contributed by atoms with Gasteiger partial charge in [-0.15, -0.1) is 0 Å². The molecule has 1 atom stereocenters. The first kappa shape index (κ1) is 15.4. The van der Waals surface area contributed by atoms with Gasteiger partial charge in [0, 0.05) is 24.6 Å². The van der Waals surface area contributed by atoms with Crippen LogP contribution in [0.15, 0.2) is 0 Å². The lowest BCUT2D eigenvalue weighted by molar-refractivity contribution is -0.141. The molecule has 16 heavy (non-hydrogen) atoms. The molecule has 0 aromatic rings. The second-order valence-corrected chi connectivity index (χ2v) is 4.43. The quantitative estimate of drug-likeness (QED) is 0.619. The zero-order chi connectivity index (χ0) is 12.6. The summed E-state index contributed by atoms with van der Waals surface area (Å²) in [5, 5.41) is 12.7. The Kier molecular flexibility index (Phi) is 7.34. The number of hydrogen-bond acceptors (Lipinski definition) is 4. The van der Waals surface area contributed by atoms with E-state index in [4.69, 9.17) is 0 Å². The molecule has 0 aliphatic carbocycles. The summed E-state index contributed by atoms with van der Waals surface area (Å²) in [4.78, 5) is 11.0. The van der Waals surface area contributed by atoms with Gasteiger partial charge in [-0.2, -0.15) is 0 Å². The summed E-state index contributed by atoms with van der Waals surface area (Å²) < 4.78 is 4.60. The van der Waals surface area contributed by atoms with Crippen molar-refractivity contribution < 1.29 is 14.6 Å². The van der Waals surface area contributed by atoms with Gasteiger partial charge in [-0.05, 0) is 19.8 Å². The van der Waals surface area contributed by atoms with Crippen LogP contribution in [0.3, 0.4) is 0 Å². The Morgan fingerprint density at radius 2 is 2.00 bits per heavy atom. The van der Waals surface area contributed by atoms with E-state index in [0.717, 1.165) is 19.4 Å². The molecule has 2 N–H and O–H groups in total. The number of ether oxygens (including phenoxy) is 1. The van der Waals surface area contributed by atoms with Crippen LogP contribution in [0.2, 0.25) is 0 Å². The molecule has 96 valence electrons. The highest BCUT2D eigenvalue weighted by Gasteiger charge is 2.25. The van der Waals surface area contributed by atoms with Gasteiger partial charge in [0.2, 0.25) is 0 Å². The molecule has 0 heterocycles. The van der Waals surface area contributed by atoms with Gasteiger partial charge in [0.1, 0.15) is 0 Å². The number of aliphatic hydroxyl groups is 1. The number of carbonyl (C=O) groups is 1. The van der Waals surface area contributed by atoms with Crippen molar-refractivity contribution in [3.8, 4) is 0 Å². The van der Waals surface area contributed by atoms with Crippen molar-refractivity contribution in [2.75, 3.05) is 20.3 Å². The summed E-state index contributed by atoms with van der Waals surface area (Å²) in [6.45, 7) is 7.01. The lowest BCUT2D eigenvalue weighted by atomic mass is 9.83. The molecule has 4 nitrogen and oxygen atoms in total. The van der Waals surface area contributed by atoms with Crippen LogP contribution in [-0.2, 0) is 9.53 Å². The van der Waals surface area contributed by atoms with Gasteiger partial charge in [-0.25, -0.2) is 0 Å². The van der Waals surface area contributed by atoms with E-state index < -0.39 is 0 Å². The molecule has 0 radical (unpaired) electrons.